The lowest BCUT2D eigenvalue weighted by Crippen LogP contribution is -2.23. The largest absolute Gasteiger partial charge is 0.481 e. The lowest BCUT2D eigenvalue weighted by molar-refractivity contribution is 0.397. The summed E-state index contributed by atoms with van der Waals surface area (Å²) in [6.45, 7) is 0.131. The molecule has 20 heavy (non-hydrogen) atoms. The van der Waals surface area contributed by atoms with Crippen LogP contribution >= 0.6 is 0 Å². The number of sulfonamides is 1. The van der Waals surface area contributed by atoms with Gasteiger partial charge in [0.25, 0.3) is 0 Å². The van der Waals surface area contributed by atoms with Gasteiger partial charge in [0, 0.05) is 25.0 Å². The molecule has 0 spiro atoms. The maximum absolute atomic E-state index is 12.0. The highest BCUT2D eigenvalue weighted by atomic mass is 32.2. The number of ether oxygens (including phenoxy) is 1. The van der Waals surface area contributed by atoms with Crippen LogP contribution in [0.4, 0.5) is 5.82 Å². The third-order valence-electron chi connectivity index (χ3n) is 2.54. The Kier molecular flexibility index (Phi) is 4.16. The zero-order valence-electron chi connectivity index (χ0n) is 10.8. The summed E-state index contributed by atoms with van der Waals surface area (Å²) in [6.07, 6.45) is 2.76. The second-order valence-electron chi connectivity index (χ2n) is 3.95. The van der Waals surface area contributed by atoms with Gasteiger partial charge in [-0.05, 0) is 23.8 Å². The van der Waals surface area contributed by atoms with Crippen molar-refractivity contribution in [1.29, 1.82) is 0 Å². The van der Waals surface area contributed by atoms with Crippen LogP contribution in [0.2, 0.25) is 0 Å². The fraction of sp³-hybridized carbons (Fsp3) is 0.167. The number of anilines is 1. The molecule has 0 bridgehead atoms. The molecule has 0 aliphatic carbocycles. The fourth-order valence-corrected chi connectivity index (χ4v) is 2.45. The highest BCUT2D eigenvalue weighted by Crippen LogP contribution is 2.11. The van der Waals surface area contributed by atoms with E-state index in [1.165, 1.54) is 25.4 Å². The van der Waals surface area contributed by atoms with Crippen molar-refractivity contribution in [2.24, 2.45) is 0 Å². The summed E-state index contributed by atoms with van der Waals surface area (Å²) >= 11 is 0. The Labute approximate surface area is 116 Å². The van der Waals surface area contributed by atoms with Crippen molar-refractivity contribution in [2.45, 2.75) is 11.4 Å². The molecule has 0 fully saturated rings. The van der Waals surface area contributed by atoms with Gasteiger partial charge in [-0.1, -0.05) is 0 Å². The van der Waals surface area contributed by atoms with E-state index in [0.717, 1.165) is 5.56 Å². The molecule has 2 rings (SSSR count). The highest BCUT2D eigenvalue weighted by molar-refractivity contribution is 7.89. The van der Waals surface area contributed by atoms with Crippen LogP contribution < -0.4 is 15.2 Å². The van der Waals surface area contributed by atoms with E-state index in [4.69, 9.17) is 10.5 Å². The van der Waals surface area contributed by atoms with Crippen LogP contribution in [0.15, 0.2) is 41.6 Å². The van der Waals surface area contributed by atoms with Gasteiger partial charge in [-0.3, -0.25) is 0 Å². The first kappa shape index (κ1) is 14.2. The second kappa shape index (κ2) is 5.85. The van der Waals surface area contributed by atoms with Crippen LogP contribution in [0.5, 0.6) is 5.88 Å². The molecule has 0 unspecified atom stereocenters. The zero-order chi connectivity index (χ0) is 14.6. The number of aromatic nitrogens is 2. The molecule has 106 valence electrons. The van der Waals surface area contributed by atoms with Crippen LogP contribution in [0.25, 0.3) is 0 Å². The minimum atomic E-state index is -3.62. The molecule has 0 aliphatic heterocycles. The summed E-state index contributed by atoms with van der Waals surface area (Å²) in [5, 5.41) is 0. The van der Waals surface area contributed by atoms with E-state index in [1.807, 2.05) is 0 Å². The molecular formula is C12H14N4O3S. The molecular weight excluding hydrogens is 280 g/mol. The number of pyridine rings is 2. The van der Waals surface area contributed by atoms with Gasteiger partial charge in [0.05, 0.1) is 7.11 Å². The quantitative estimate of drug-likeness (QED) is 0.833. The molecule has 0 saturated carbocycles. The van der Waals surface area contributed by atoms with E-state index in [0.29, 0.717) is 5.88 Å². The van der Waals surface area contributed by atoms with Crippen LogP contribution in [-0.2, 0) is 16.6 Å². The third-order valence-corrected chi connectivity index (χ3v) is 3.93. The average molecular weight is 294 g/mol. The molecule has 0 amide bonds. The normalized spacial score (nSPS) is 11.2. The Morgan fingerprint density at radius 2 is 2.10 bits per heavy atom. The number of nitrogen functional groups attached to an aromatic ring is 1. The van der Waals surface area contributed by atoms with Crippen molar-refractivity contribution in [1.82, 2.24) is 14.7 Å². The van der Waals surface area contributed by atoms with Gasteiger partial charge in [-0.15, -0.1) is 0 Å². The number of nitrogens with two attached hydrogens (primary N) is 1. The SMILES string of the molecule is COc1cc(CNS(=O)(=O)c2ccc(N)nc2)ccn1. The van der Waals surface area contributed by atoms with Crippen molar-refractivity contribution >= 4 is 15.8 Å². The molecule has 3 N–H and O–H groups in total. The van der Waals surface area contributed by atoms with Crippen molar-refractivity contribution in [3.05, 3.63) is 42.2 Å². The summed E-state index contributed by atoms with van der Waals surface area (Å²) in [7, 11) is -2.13. The first-order valence-corrected chi connectivity index (χ1v) is 7.20. The summed E-state index contributed by atoms with van der Waals surface area (Å²) in [6, 6.07) is 6.19. The van der Waals surface area contributed by atoms with Crippen LogP contribution in [0.1, 0.15) is 5.56 Å². The molecule has 7 nitrogen and oxygen atoms in total. The topological polar surface area (TPSA) is 107 Å². The predicted octanol–water partition coefficient (Wildman–Crippen LogP) is 0.546. The first-order chi connectivity index (χ1) is 9.51. The summed E-state index contributed by atoms with van der Waals surface area (Å²) < 4.78 is 31.5. The van der Waals surface area contributed by atoms with Crippen LogP contribution in [0, 0.1) is 0 Å². The molecule has 0 aromatic carbocycles. The number of nitrogens with one attached hydrogen (secondary N) is 1. The molecule has 2 heterocycles. The minimum absolute atomic E-state index is 0.0627. The third kappa shape index (κ3) is 3.43. The van der Waals surface area contributed by atoms with E-state index in [2.05, 4.69) is 14.7 Å². The van der Waals surface area contributed by atoms with Crippen LogP contribution in [-0.4, -0.2) is 25.5 Å². The Balaban J connectivity index is 2.10. The van der Waals surface area contributed by atoms with Crippen LogP contribution in [0.3, 0.4) is 0 Å². The van der Waals surface area contributed by atoms with E-state index in [1.54, 1.807) is 18.3 Å². The Morgan fingerprint density at radius 3 is 2.75 bits per heavy atom. The maximum Gasteiger partial charge on any atom is 0.242 e. The average Bonchev–Trinajstić information content (AvgIpc) is 2.46. The van der Waals surface area contributed by atoms with Gasteiger partial charge in [-0.25, -0.2) is 23.1 Å². The van der Waals surface area contributed by atoms with E-state index in [9.17, 15) is 8.42 Å². The molecule has 2 aromatic rings. The standard InChI is InChI=1S/C12H14N4O3S/c1-19-12-6-9(4-5-14-12)7-16-20(17,18)10-2-3-11(13)15-8-10/h2-6,8,16H,7H2,1H3,(H2,13,15). The van der Waals surface area contributed by atoms with Gasteiger partial charge < -0.3 is 10.5 Å². The smallest absolute Gasteiger partial charge is 0.242 e. The van der Waals surface area contributed by atoms with Gasteiger partial charge in [0.2, 0.25) is 15.9 Å². The highest BCUT2D eigenvalue weighted by Gasteiger charge is 2.14. The number of rotatable bonds is 5. The molecule has 0 aliphatic rings. The monoisotopic (exact) mass is 294 g/mol. The first-order valence-electron chi connectivity index (χ1n) is 5.71. The molecule has 2 aromatic heterocycles. The van der Waals surface area contributed by atoms with E-state index >= 15 is 0 Å². The van der Waals surface area contributed by atoms with E-state index < -0.39 is 10.0 Å². The van der Waals surface area contributed by atoms with Gasteiger partial charge >= 0.3 is 0 Å². The summed E-state index contributed by atoms with van der Waals surface area (Å²) in [4.78, 5) is 7.77. The number of hydrogen-bond acceptors (Lipinski definition) is 6. The lowest BCUT2D eigenvalue weighted by Gasteiger charge is -2.07. The van der Waals surface area contributed by atoms with Crippen molar-refractivity contribution in [2.75, 3.05) is 12.8 Å². The second-order valence-corrected chi connectivity index (χ2v) is 5.72. The number of hydrogen-bond donors (Lipinski definition) is 2. The maximum atomic E-state index is 12.0. The number of nitrogens with zero attached hydrogens (tertiary/aromatic N) is 2. The van der Waals surface area contributed by atoms with Crippen molar-refractivity contribution in [3.63, 3.8) is 0 Å². The molecule has 8 heteroatoms. The van der Waals surface area contributed by atoms with Gasteiger partial charge in [-0.2, -0.15) is 0 Å². The van der Waals surface area contributed by atoms with Gasteiger partial charge in [0.15, 0.2) is 0 Å². The number of methoxy groups -OCH3 is 1. The lowest BCUT2D eigenvalue weighted by atomic mass is 10.3. The van der Waals surface area contributed by atoms with Gasteiger partial charge in [0.1, 0.15) is 10.7 Å². The van der Waals surface area contributed by atoms with Crippen molar-refractivity contribution < 1.29 is 13.2 Å². The zero-order valence-corrected chi connectivity index (χ0v) is 11.6. The molecule has 0 saturated heterocycles. The Morgan fingerprint density at radius 1 is 1.30 bits per heavy atom. The summed E-state index contributed by atoms with van der Waals surface area (Å²) in [5.41, 5.74) is 6.16. The Hall–Kier alpha value is -2.19. The summed E-state index contributed by atoms with van der Waals surface area (Å²) in [5.74, 6) is 0.693. The minimum Gasteiger partial charge on any atom is -0.481 e. The van der Waals surface area contributed by atoms with Crippen molar-refractivity contribution in [3.8, 4) is 5.88 Å². The molecule has 0 radical (unpaired) electrons. The predicted molar refractivity (Wildman–Crippen MR) is 73.5 cm³/mol. The Bertz CT molecular complexity index is 686. The fourth-order valence-electron chi connectivity index (χ4n) is 1.48. The van der Waals surface area contributed by atoms with E-state index in [-0.39, 0.29) is 17.3 Å². The molecule has 0 atom stereocenters.